The van der Waals surface area contributed by atoms with Crippen LogP contribution in [0.5, 0.6) is 0 Å². The summed E-state index contributed by atoms with van der Waals surface area (Å²) in [6.45, 7) is 1.52. The zero-order chi connectivity index (χ0) is 15.5. The molecular weight excluding hydrogens is 347 g/mol. The standard InChI is InChI=1S/C17H22BrFN2O/c18-13-7-8-15(14(19)10-13)20-17(22)11-21-9-3-5-12-4-1-2-6-16(12)21/h7-8,10,12,16H,1-6,9,11H2,(H,20,22)/p+1/t12-,16+/m1/s1. The van der Waals surface area contributed by atoms with E-state index in [1.165, 1.54) is 49.5 Å². The minimum Gasteiger partial charge on any atom is -0.324 e. The van der Waals surface area contributed by atoms with Crippen molar-refractivity contribution in [3.8, 4) is 0 Å². The number of benzene rings is 1. The van der Waals surface area contributed by atoms with Gasteiger partial charge < -0.3 is 10.2 Å². The molecule has 1 aliphatic heterocycles. The van der Waals surface area contributed by atoms with Gasteiger partial charge in [-0.15, -0.1) is 0 Å². The van der Waals surface area contributed by atoms with Crippen molar-refractivity contribution >= 4 is 27.5 Å². The van der Waals surface area contributed by atoms with Crippen molar-refractivity contribution in [1.29, 1.82) is 0 Å². The number of piperidine rings is 1. The Morgan fingerprint density at radius 3 is 2.86 bits per heavy atom. The summed E-state index contributed by atoms with van der Waals surface area (Å²) in [6.07, 6.45) is 7.70. The molecule has 5 heteroatoms. The first-order valence-corrected chi connectivity index (χ1v) is 9.02. The summed E-state index contributed by atoms with van der Waals surface area (Å²) in [6, 6.07) is 5.35. The van der Waals surface area contributed by atoms with Gasteiger partial charge in [0, 0.05) is 10.4 Å². The van der Waals surface area contributed by atoms with Gasteiger partial charge in [0.1, 0.15) is 5.82 Å². The van der Waals surface area contributed by atoms with Crippen molar-refractivity contribution in [2.45, 2.75) is 44.6 Å². The average Bonchev–Trinajstić information content (AvgIpc) is 2.50. The summed E-state index contributed by atoms with van der Waals surface area (Å²) in [4.78, 5) is 13.7. The fraction of sp³-hybridized carbons (Fsp3) is 0.588. The molecule has 1 heterocycles. The van der Waals surface area contributed by atoms with E-state index in [9.17, 15) is 9.18 Å². The van der Waals surface area contributed by atoms with E-state index < -0.39 is 5.82 Å². The number of anilines is 1. The summed E-state index contributed by atoms with van der Waals surface area (Å²) in [7, 11) is 0. The molecule has 1 aliphatic carbocycles. The largest absolute Gasteiger partial charge is 0.324 e. The Labute approximate surface area is 139 Å². The van der Waals surface area contributed by atoms with Gasteiger partial charge in [-0.3, -0.25) is 4.79 Å². The first-order chi connectivity index (χ1) is 10.6. The van der Waals surface area contributed by atoms with Gasteiger partial charge in [0.25, 0.3) is 5.91 Å². The van der Waals surface area contributed by atoms with Crippen molar-refractivity contribution in [1.82, 2.24) is 0 Å². The van der Waals surface area contributed by atoms with Crippen LogP contribution in [0.25, 0.3) is 0 Å². The topological polar surface area (TPSA) is 33.5 Å². The Bertz CT molecular complexity index is 549. The Morgan fingerprint density at radius 1 is 1.27 bits per heavy atom. The first kappa shape index (κ1) is 15.9. The molecule has 3 rings (SSSR count). The van der Waals surface area contributed by atoms with Gasteiger partial charge in [-0.2, -0.15) is 0 Å². The van der Waals surface area contributed by atoms with Gasteiger partial charge in [0.15, 0.2) is 6.54 Å². The van der Waals surface area contributed by atoms with Gasteiger partial charge >= 0.3 is 0 Å². The van der Waals surface area contributed by atoms with Gasteiger partial charge in [0.2, 0.25) is 0 Å². The van der Waals surface area contributed by atoms with E-state index in [1.807, 2.05) is 0 Å². The Kier molecular flexibility index (Phi) is 5.14. The second-order valence-electron chi connectivity index (χ2n) is 6.55. The van der Waals surface area contributed by atoms with Crippen LogP contribution in [0.2, 0.25) is 0 Å². The molecular formula is C17H23BrFN2O+. The lowest BCUT2D eigenvalue weighted by Gasteiger charge is -2.40. The highest BCUT2D eigenvalue weighted by Gasteiger charge is 2.37. The molecule has 1 aromatic rings. The van der Waals surface area contributed by atoms with E-state index in [2.05, 4.69) is 21.2 Å². The lowest BCUT2D eigenvalue weighted by molar-refractivity contribution is -0.928. The van der Waals surface area contributed by atoms with Gasteiger partial charge in [0.05, 0.1) is 18.3 Å². The number of hydrogen-bond acceptors (Lipinski definition) is 1. The molecule has 2 aliphatic rings. The van der Waals surface area contributed by atoms with E-state index in [1.54, 1.807) is 12.1 Å². The number of nitrogens with one attached hydrogen (secondary N) is 2. The molecule has 22 heavy (non-hydrogen) atoms. The van der Waals surface area contributed by atoms with Crippen molar-refractivity contribution < 1.29 is 14.1 Å². The smallest absolute Gasteiger partial charge is 0.279 e. The number of halogens is 2. The summed E-state index contributed by atoms with van der Waals surface area (Å²) in [5.74, 6) is 0.309. The third-order valence-electron chi connectivity index (χ3n) is 5.10. The van der Waals surface area contributed by atoms with Gasteiger partial charge in [-0.1, -0.05) is 22.4 Å². The SMILES string of the molecule is O=C(C[NH+]1CCC[C@H]2CCCC[C@@H]21)Nc1ccc(Br)cc1F. The molecule has 1 saturated heterocycles. The van der Waals surface area contributed by atoms with Crippen LogP contribution in [0.3, 0.4) is 0 Å². The highest BCUT2D eigenvalue weighted by Crippen LogP contribution is 2.28. The van der Waals surface area contributed by atoms with Crippen molar-refractivity contribution in [2.75, 3.05) is 18.4 Å². The van der Waals surface area contributed by atoms with E-state index in [4.69, 9.17) is 0 Å². The molecule has 3 nitrogen and oxygen atoms in total. The normalized spacial score (nSPS) is 28.0. The highest BCUT2D eigenvalue weighted by atomic mass is 79.9. The van der Waals surface area contributed by atoms with Crippen molar-refractivity contribution in [2.24, 2.45) is 5.92 Å². The molecule has 2 N–H and O–H groups in total. The fourth-order valence-corrected chi connectivity index (χ4v) is 4.41. The number of rotatable bonds is 3. The third kappa shape index (κ3) is 3.69. The molecule has 1 aromatic carbocycles. The highest BCUT2D eigenvalue weighted by molar-refractivity contribution is 9.10. The predicted octanol–water partition coefficient (Wildman–Crippen LogP) is 2.76. The summed E-state index contributed by atoms with van der Waals surface area (Å²) in [5.41, 5.74) is 0.268. The molecule has 2 fully saturated rings. The zero-order valence-corrected chi connectivity index (χ0v) is 14.3. The lowest BCUT2D eigenvalue weighted by atomic mass is 9.78. The summed E-state index contributed by atoms with van der Waals surface area (Å²) in [5, 5.41) is 2.72. The monoisotopic (exact) mass is 369 g/mol. The van der Waals surface area contributed by atoms with Crippen molar-refractivity contribution in [3.05, 3.63) is 28.5 Å². The first-order valence-electron chi connectivity index (χ1n) is 8.23. The Balaban J connectivity index is 1.61. The maximum atomic E-state index is 13.8. The van der Waals surface area contributed by atoms with E-state index in [0.29, 0.717) is 17.1 Å². The number of fused-ring (bicyclic) bond motifs is 1. The zero-order valence-electron chi connectivity index (χ0n) is 12.7. The van der Waals surface area contributed by atoms with Crippen LogP contribution in [-0.2, 0) is 4.79 Å². The molecule has 0 aromatic heterocycles. The minimum absolute atomic E-state index is 0.0811. The molecule has 0 bridgehead atoms. The van der Waals surface area contributed by atoms with E-state index >= 15 is 0 Å². The molecule has 0 radical (unpaired) electrons. The number of likely N-dealkylation sites (tertiary alicyclic amines) is 1. The van der Waals surface area contributed by atoms with Crippen molar-refractivity contribution in [3.63, 3.8) is 0 Å². The second kappa shape index (κ2) is 7.09. The third-order valence-corrected chi connectivity index (χ3v) is 5.59. The molecule has 3 atom stereocenters. The molecule has 1 saturated carbocycles. The molecule has 120 valence electrons. The number of carbonyl (C=O) groups is 1. The quantitative estimate of drug-likeness (QED) is 0.843. The molecule has 1 amide bonds. The van der Waals surface area contributed by atoms with E-state index in [0.717, 1.165) is 12.5 Å². The van der Waals surface area contributed by atoms with Gasteiger partial charge in [-0.25, -0.2) is 4.39 Å². The van der Waals surface area contributed by atoms with Crippen LogP contribution >= 0.6 is 15.9 Å². The minimum atomic E-state index is -0.396. The average molecular weight is 370 g/mol. The number of amides is 1. The predicted molar refractivity (Wildman–Crippen MR) is 88.4 cm³/mol. The fourth-order valence-electron chi connectivity index (χ4n) is 4.08. The summed E-state index contributed by atoms with van der Waals surface area (Å²) < 4.78 is 14.5. The lowest BCUT2D eigenvalue weighted by Crippen LogP contribution is -3.18. The van der Waals surface area contributed by atoms with E-state index in [-0.39, 0.29) is 11.6 Å². The molecule has 1 unspecified atom stereocenters. The maximum absolute atomic E-state index is 13.8. The number of hydrogen-bond donors (Lipinski definition) is 2. The maximum Gasteiger partial charge on any atom is 0.279 e. The number of quaternary nitrogens is 1. The Hall–Kier alpha value is -0.940. The van der Waals surface area contributed by atoms with Crippen LogP contribution in [0, 0.1) is 11.7 Å². The van der Waals surface area contributed by atoms with Crippen LogP contribution < -0.4 is 10.2 Å². The number of carbonyl (C=O) groups excluding carboxylic acids is 1. The second-order valence-corrected chi connectivity index (χ2v) is 7.47. The van der Waals surface area contributed by atoms with Crippen LogP contribution in [0.15, 0.2) is 22.7 Å². The van der Waals surface area contributed by atoms with Gasteiger partial charge in [-0.05, 0) is 50.3 Å². The van der Waals surface area contributed by atoms with Crippen LogP contribution in [-0.4, -0.2) is 25.0 Å². The van der Waals surface area contributed by atoms with Crippen LogP contribution in [0.1, 0.15) is 38.5 Å². The Morgan fingerprint density at radius 2 is 2.05 bits per heavy atom. The molecule has 0 spiro atoms. The summed E-state index contributed by atoms with van der Waals surface area (Å²) >= 11 is 3.22. The van der Waals surface area contributed by atoms with Crippen LogP contribution in [0.4, 0.5) is 10.1 Å².